The van der Waals surface area contributed by atoms with Crippen LogP contribution in [0.1, 0.15) is 11.1 Å². The smallest absolute Gasteiger partial charge is 0.241 e. The summed E-state index contributed by atoms with van der Waals surface area (Å²) in [7, 11) is 0. The average molecular weight is 328 g/mol. The van der Waals surface area contributed by atoms with E-state index in [1.807, 2.05) is 48.5 Å². The molecule has 0 fully saturated rings. The third kappa shape index (κ3) is 2.66. The van der Waals surface area contributed by atoms with Gasteiger partial charge >= 0.3 is 0 Å². The summed E-state index contributed by atoms with van der Waals surface area (Å²) in [6.45, 7) is 0. The molecule has 0 spiro atoms. The first-order chi connectivity index (χ1) is 11.8. The average Bonchev–Trinajstić information content (AvgIpc) is 2.88. The SMILES string of the molecule is O=c1sc(-c2ccccc2)c2c(c1-c1ccccc1)CC=CC=C2. The van der Waals surface area contributed by atoms with Crippen LogP contribution in [-0.2, 0) is 6.42 Å². The van der Waals surface area contributed by atoms with E-state index in [4.69, 9.17) is 0 Å². The van der Waals surface area contributed by atoms with Gasteiger partial charge in [-0.15, -0.1) is 0 Å². The molecule has 4 rings (SSSR count). The van der Waals surface area contributed by atoms with Crippen LogP contribution >= 0.6 is 11.3 Å². The number of allylic oxidation sites excluding steroid dienone is 3. The maximum atomic E-state index is 13.0. The van der Waals surface area contributed by atoms with Crippen LogP contribution in [0.5, 0.6) is 0 Å². The molecular weight excluding hydrogens is 312 g/mol. The van der Waals surface area contributed by atoms with E-state index in [9.17, 15) is 4.79 Å². The predicted molar refractivity (Wildman–Crippen MR) is 103 cm³/mol. The van der Waals surface area contributed by atoms with Crippen molar-refractivity contribution in [1.29, 1.82) is 0 Å². The standard InChI is InChI=1S/C22H16OS/c23-22-20(16-10-4-1-5-11-16)18-14-8-3-9-15-19(18)21(24-22)17-12-6-2-7-13-17/h1-13,15H,14H2. The van der Waals surface area contributed by atoms with Gasteiger partial charge in [0.1, 0.15) is 0 Å². The molecule has 24 heavy (non-hydrogen) atoms. The topological polar surface area (TPSA) is 17.1 Å². The summed E-state index contributed by atoms with van der Waals surface area (Å²) >= 11 is 1.34. The molecule has 0 saturated carbocycles. The highest BCUT2D eigenvalue weighted by molar-refractivity contribution is 7.13. The van der Waals surface area contributed by atoms with Crippen LogP contribution in [0.2, 0.25) is 0 Å². The molecule has 0 unspecified atom stereocenters. The highest BCUT2D eigenvalue weighted by Gasteiger charge is 2.18. The minimum absolute atomic E-state index is 0.127. The molecule has 0 amide bonds. The second-order valence-electron chi connectivity index (χ2n) is 5.71. The normalized spacial score (nSPS) is 12.7. The molecule has 0 aliphatic heterocycles. The molecule has 1 aliphatic rings. The van der Waals surface area contributed by atoms with Gasteiger partial charge in [-0.05, 0) is 28.7 Å². The van der Waals surface area contributed by atoms with Crippen molar-refractivity contribution >= 4 is 17.4 Å². The zero-order chi connectivity index (χ0) is 16.4. The zero-order valence-corrected chi connectivity index (χ0v) is 13.9. The summed E-state index contributed by atoms with van der Waals surface area (Å²) in [4.78, 5) is 14.0. The van der Waals surface area contributed by atoms with E-state index in [0.717, 1.165) is 39.1 Å². The molecule has 1 aliphatic carbocycles. The fraction of sp³-hybridized carbons (Fsp3) is 0.0455. The molecular formula is C22H16OS. The van der Waals surface area contributed by atoms with Crippen molar-refractivity contribution in [2.75, 3.05) is 0 Å². The Balaban J connectivity index is 2.04. The van der Waals surface area contributed by atoms with Crippen molar-refractivity contribution in [3.63, 3.8) is 0 Å². The molecule has 2 aromatic carbocycles. The quantitative estimate of drug-likeness (QED) is 0.601. The van der Waals surface area contributed by atoms with Crippen molar-refractivity contribution in [2.45, 2.75) is 6.42 Å². The first-order valence-electron chi connectivity index (χ1n) is 7.98. The fourth-order valence-corrected chi connectivity index (χ4v) is 4.18. The Morgan fingerprint density at radius 3 is 2.17 bits per heavy atom. The van der Waals surface area contributed by atoms with Gasteiger partial charge in [-0.3, -0.25) is 4.79 Å². The van der Waals surface area contributed by atoms with Crippen molar-refractivity contribution in [3.8, 4) is 21.6 Å². The van der Waals surface area contributed by atoms with E-state index in [0.29, 0.717) is 0 Å². The summed E-state index contributed by atoms with van der Waals surface area (Å²) in [6, 6.07) is 20.2. The fourth-order valence-electron chi connectivity index (χ4n) is 3.10. The molecule has 1 heterocycles. The zero-order valence-electron chi connectivity index (χ0n) is 13.1. The Morgan fingerprint density at radius 2 is 1.46 bits per heavy atom. The van der Waals surface area contributed by atoms with Crippen LogP contribution < -0.4 is 4.74 Å². The Hall–Kier alpha value is -2.71. The molecule has 1 nitrogen and oxygen atoms in total. The third-order valence-electron chi connectivity index (χ3n) is 4.20. The van der Waals surface area contributed by atoms with E-state index in [-0.39, 0.29) is 4.74 Å². The summed E-state index contributed by atoms with van der Waals surface area (Å²) in [6.07, 6.45) is 9.13. The van der Waals surface area contributed by atoms with Gasteiger partial charge in [-0.1, -0.05) is 96.3 Å². The monoisotopic (exact) mass is 328 g/mol. The van der Waals surface area contributed by atoms with E-state index >= 15 is 0 Å². The van der Waals surface area contributed by atoms with Crippen molar-refractivity contribution in [1.82, 2.24) is 0 Å². The lowest BCUT2D eigenvalue weighted by molar-refractivity contribution is 1.27. The van der Waals surface area contributed by atoms with Gasteiger partial charge in [0, 0.05) is 10.4 Å². The largest absolute Gasteiger partial charge is 0.277 e. The Labute approximate surface area is 145 Å². The van der Waals surface area contributed by atoms with Crippen LogP contribution in [0.3, 0.4) is 0 Å². The van der Waals surface area contributed by atoms with E-state index in [2.05, 4.69) is 36.4 Å². The van der Waals surface area contributed by atoms with E-state index in [1.54, 1.807) is 0 Å². The number of hydrogen-bond acceptors (Lipinski definition) is 2. The number of fused-ring (bicyclic) bond motifs is 1. The number of rotatable bonds is 2. The second kappa shape index (κ2) is 6.42. The molecule has 116 valence electrons. The Bertz CT molecular complexity index is 980. The summed E-state index contributed by atoms with van der Waals surface area (Å²) < 4.78 is 0.127. The first kappa shape index (κ1) is 14.9. The van der Waals surface area contributed by atoms with Crippen LogP contribution in [0.4, 0.5) is 0 Å². The van der Waals surface area contributed by atoms with Gasteiger partial charge < -0.3 is 0 Å². The molecule has 0 radical (unpaired) electrons. The molecule has 3 aromatic rings. The molecule has 0 atom stereocenters. The summed E-state index contributed by atoms with van der Waals surface area (Å²) in [5.41, 5.74) is 5.22. The highest BCUT2D eigenvalue weighted by Crippen LogP contribution is 2.35. The van der Waals surface area contributed by atoms with Crippen LogP contribution in [-0.4, -0.2) is 0 Å². The van der Waals surface area contributed by atoms with Gasteiger partial charge in [0.25, 0.3) is 0 Å². The molecule has 1 aromatic heterocycles. The first-order valence-corrected chi connectivity index (χ1v) is 8.80. The van der Waals surface area contributed by atoms with Crippen molar-refractivity contribution in [2.24, 2.45) is 0 Å². The van der Waals surface area contributed by atoms with Gasteiger partial charge in [0.15, 0.2) is 0 Å². The Morgan fingerprint density at radius 1 is 0.792 bits per heavy atom. The van der Waals surface area contributed by atoms with Crippen molar-refractivity contribution < 1.29 is 0 Å². The van der Waals surface area contributed by atoms with E-state index in [1.165, 1.54) is 11.3 Å². The predicted octanol–water partition coefficient (Wildman–Crippen LogP) is 5.57. The molecule has 0 saturated heterocycles. The summed E-state index contributed by atoms with van der Waals surface area (Å²) in [5, 5.41) is 0. The maximum absolute atomic E-state index is 13.0. The van der Waals surface area contributed by atoms with Crippen LogP contribution in [0.25, 0.3) is 27.6 Å². The van der Waals surface area contributed by atoms with Crippen LogP contribution in [0, 0.1) is 0 Å². The minimum atomic E-state index is 0.127. The molecule has 0 bridgehead atoms. The molecule has 0 N–H and O–H groups in total. The van der Waals surface area contributed by atoms with Gasteiger partial charge in [0.05, 0.1) is 0 Å². The maximum Gasteiger partial charge on any atom is 0.241 e. The lowest BCUT2D eigenvalue weighted by Gasteiger charge is -2.14. The second-order valence-corrected chi connectivity index (χ2v) is 6.69. The van der Waals surface area contributed by atoms with Crippen LogP contribution in [0.15, 0.2) is 83.7 Å². The van der Waals surface area contributed by atoms with E-state index < -0.39 is 0 Å². The third-order valence-corrected chi connectivity index (χ3v) is 5.25. The van der Waals surface area contributed by atoms with Gasteiger partial charge in [0.2, 0.25) is 4.74 Å². The van der Waals surface area contributed by atoms with Crippen molar-refractivity contribution in [3.05, 3.63) is 99.6 Å². The van der Waals surface area contributed by atoms with Gasteiger partial charge in [-0.2, -0.15) is 0 Å². The molecule has 2 heteroatoms. The summed E-state index contributed by atoms with van der Waals surface area (Å²) in [5.74, 6) is 0. The number of hydrogen-bond donors (Lipinski definition) is 0. The Kier molecular flexibility index (Phi) is 3.97. The van der Waals surface area contributed by atoms with Gasteiger partial charge in [-0.25, -0.2) is 0 Å². The minimum Gasteiger partial charge on any atom is -0.277 e. The lowest BCUT2D eigenvalue weighted by atomic mass is 9.95. The lowest BCUT2D eigenvalue weighted by Crippen LogP contribution is -2.07. The number of benzene rings is 2. The highest BCUT2D eigenvalue weighted by atomic mass is 32.1.